The summed E-state index contributed by atoms with van der Waals surface area (Å²) in [4.78, 5) is 12.1. The van der Waals surface area contributed by atoms with Crippen LogP contribution in [0.15, 0.2) is 31.0 Å². The van der Waals surface area contributed by atoms with Gasteiger partial charge in [0.05, 0.1) is 30.0 Å². The SMILES string of the molecule is Cn1cc(-c2[nH]ncc2CNc2cnn(CC(=O)NC3CCCC3)c2)cn1. The average Bonchev–Trinajstić information content (AvgIpc) is 3.41. The lowest BCUT2D eigenvalue weighted by molar-refractivity contribution is -0.122. The Bertz CT molecular complexity index is 902. The molecule has 1 fully saturated rings. The van der Waals surface area contributed by atoms with Crippen molar-refractivity contribution in [2.45, 2.75) is 44.8 Å². The van der Waals surface area contributed by atoms with E-state index in [4.69, 9.17) is 0 Å². The first kappa shape index (κ1) is 17.3. The Kier molecular flexibility index (Phi) is 4.91. The fourth-order valence-electron chi connectivity index (χ4n) is 3.47. The Balaban J connectivity index is 1.32. The summed E-state index contributed by atoms with van der Waals surface area (Å²) < 4.78 is 3.41. The van der Waals surface area contributed by atoms with Gasteiger partial charge in [-0.05, 0) is 12.8 Å². The molecule has 1 saturated carbocycles. The smallest absolute Gasteiger partial charge is 0.241 e. The molecule has 0 atom stereocenters. The fraction of sp³-hybridized carbons (Fsp3) is 0.444. The third-order valence-electron chi connectivity index (χ3n) is 4.85. The standard InChI is InChI=1S/C18H24N8O/c1-25-10-14(8-21-25)18-13(7-20-24-18)6-19-16-9-22-26(11-16)12-17(27)23-15-4-2-3-5-15/h7-11,15,19H,2-6,12H2,1H3,(H,20,24)(H,23,27). The Morgan fingerprint density at radius 1 is 1.22 bits per heavy atom. The molecular formula is C18H24N8O. The van der Waals surface area contributed by atoms with E-state index in [9.17, 15) is 4.79 Å². The molecular weight excluding hydrogens is 344 g/mol. The molecule has 0 unspecified atom stereocenters. The highest BCUT2D eigenvalue weighted by Crippen LogP contribution is 2.21. The number of nitrogens with one attached hydrogen (secondary N) is 3. The van der Waals surface area contributed by atoms with Crippen molar-refractivity contribution in [1.82, 2.24) is 35.1 Å². The van der Waals surface area contributed by atoms with Gasteiger partial charge in [-0.1, -0.05) is 12.8 Å². The number of rotatable bonds is 7. The van der Waals surface area contributed by atoms with Crippen LogP contribution in [0, 0.1) is 0 Å². The van der Waals surface area contributed by atoms with Gasteiger partial charge in [0.25, 0.3) is 0 Å². The Morgan fingerprint density at radius 3 is 2.85 bits per heavy atom. The average molecular weight is 368 g/mol. The fourth-order valence-corrected chi connectivity index (χ4v) is 3.47. The predicted octanol–water partition coefficient (Wildman–Crippen LogP) is 1.68. The van der Waals surface area contributed by atoms with Crippen LogP contribution in [0.2, 0.25) is 0 Å². The van der Waals surface area contributed by atoms with Gasteiger partial charge in [-0.3, -0.25) is 19.3 Å². The molecule has 1 aliphatic carbocycles. The van der Waals surface area contributed by atoms with Gasteiger partial charge in [0.15, 0.2) is 0 Å². The highest BCUT2D eigenvalue weighted by Gasteiger charge is 2.17. The summed E-state index contributed by atoms with van der Waals surface area (Å²) in [5.41, 5.74) is 3.83. The zero-order valence-electron chi connectivity index (χ0n) is 15.4. The van der Waals surface area contributed by atoms with Crippen molar-refractivity contribution in [2.75, 3.05) is 5.32 Å². The molecule has 0 bridgehead atoms. The van der Waals surface area contributed by atoms with Crippen molar-refractivity contribution < 1.29 is 4.79 Å². The summed E-state index contributed by atoms with van der Waals surface area (Å²) in [6.45, 7) is 0.839. The van der Waals surface area contributed by atoms with Crippen LogP contribution in [0.5, 0.6) is 0 Å². The van der Waals surface area contributed by atoms with Crippen LogP contribution in [0.1, 0.15) is 31.2 Å². The quantitative estimate of drug-likeness (QED) is 0.588. The van der Waals surface area contributed by atoms with Gasteiger partial charge in [0.2, 0.25) is 5.91 Å². The van der Waals surface area contributed by atoms with E-state index in [-0.39, 0.29) is 12.5 Å². The molecule has 0 radical (unpaired) electrons. The largest absolute Gasteiger partial charge is 0.378 e. The molecule has 0 aliphatic heterocycles. The summed E-state index contributed by atoms with van der Waals surface area (Å²) in [6.07, 6.45) is 13.7. The van der Waals surface area contributed by atoms with Crippen molar-refractivity contribution in [3.63, 3.8) is 0 Å². The van der Waals surface area contributed by atoms with Crippen LogP contribution in [-0.4, -0.2) is 41.7 Å². The van der Waals surface area contributed by atoms with E-state index in [0.717, 1.165) is 35.3 Å². The monoisotopic (exact) mass is 368 g/mol. The van der Waals surface area contributed by atoms with Crippen molar-refractivity contribution in [2.24, 2.45) is 7.05 Å². The third kappa shape index (κ3) is 4.18. The van der Waals surface area contributed by atoms with E-state index in [1.165, 1.54) is 12.8 Å². The van der Waals surface area contributed by atoms with E-state index in [1.807, 2.05) is 19.4 Å². The normalized spacial score (nSPS) is 14.6. The maximum absolute atomic E-state index is 12.1. The van der Waals surface area contributed by atoms with Gasteiger partial charge < -0.3 is 10.6 Å². The van der Waals surface area contributed by atoms with Gasteiger partial charge in [0.1, 0.15) is 6.54 Å². The van der Waals surface area contributed by atoms with Crippen molar-refractivity contribution in [1.29, 1.82) is 0 Å². The summed E-state index contributed by atoms with van der Waals surface area (Å²) in [6, 6.07) is 0.331. The molecule has 1 aliphatic rings. The Hall–Kier alpha value is -3.10. The first-order chi connectivity index (χ1) is 13.2. The minimum atomic E-state index is 0.0187. The second-order valence-corrected chi connectivity index (χ2v) is 7.00. The van der Waals surface area contributed by atoms with Crippen LogP contribution in [-0.2, 0) is 24.9 Å². The Labute approximate surface area is 157 Å². The number of amides is 1. The van der Waals surface area contributed by atoms with E-state index in [2.05, 4.69) is 31.0 Å². The van der Waals surface area contributed by atoms with Crippen LogP contribution in [0.25, 0.3) is 11.3 Å². The maximum atomic E-state index is 12.1. The molecule has 3 aromatic heterocycles. The maximum Gasteiger partial charge on any atom is 0.241 e. The lowest BCUT2D eigenvalue weighted by Crippen LogP contribution is -2.35. The number of aromatic nitrogens is 6. The summed E-state index contributed by atoms with van der Waals surface area (Å²) in [7, 11) is 1.88. The van der Waals surface area contributed by atoms with E-state index >= 15 is 0 Å². The number of hydrogen-bond acceptors (Lipinski definition) is 5. The molecule has 3 aromatic rings. The number of aromatic amines is 1. The van der Waals surface area contributed by atoms with E-state index in [1.54, 1.807) is 28.0 Å². The van der Waals surface area contributed by atoms with Crippen LogP contribution in [0.3, 0.4) is 0 Å². The lowest BCUT2D eigenvalue weighted by Gasteiger charge is -2.11. The molecule has 0 aromatic carbocycles. The predicted molar refractivity (Wildman–Crippen MR) is 101 cm³/mol. The number of aryl methyl sites for hydroxylation is 1. The topological polar surface area (TPSA) is 105 Å². The summed E-state index contributed by atoms with van der Waals surface area (Å²) in [5, 5.41) is 22.0. The zero-order chi connectivity index (χ0) is 18.6. The van der Waals surface area contributed by atoms with Crippen molar-refractivity contribution in [3.05, 3.63) is 36.5 Å². The highest BCUT2D eigenvalue weighted by atomic mass is 16.2. The zero-order valence-corrected chi connectivity index (χ0v) is 15.4. The molecule has 1 amide bonds. The summed E-state index contributed by atoms with van der Waals surface area (Å²) in [5.74, 6) is 0.0187. The number of carbonyl (C=O) groups excluding carboxylic acids is 1. The second kappa shape index (κ2) is 7.65. The molecule has 0 saturated heterocycles. The molecule has 0 spiro atoms. The molecule has 4 rings (SSSR count). The molecule has 9 heteroatoms. The first-order valence-corrected chi connectivity index (χ1v) is 9.24. The van der Waals surface area contributed by atoms with E-state index < -0.39 is 0 Å². The molecule has 3 heterocycles. The second-order valence-electron chi connectivity index (χ2n) is 7.00. The number of carbonyl (C=O) groups is 1. The molecule has 3 N–H and O–H groups in total. The first-order valence-electron chi connectivity index (χ1n) is 9.24. The van der Waals surface area contributed by atoms with Gasteiger partial charge in [-0.15, -0.1) is 0 Å². The molecule has 9 nitrogen and oxygen atoms in total. The van der Waals surface area contributed by atoms with Crippen molar-refractivity contribution >= 4 is 11.6 Å². The number of anilines is 1. The number of nitrogens with zero attached hydrogens (tertiary/aromatic N) is 5. The Morgan fingerprint density at radius 2 is 2.07 bits per heavy atom. The van der Waals surface area contributed by atoms with Crippen LogP contribution < -0.4 is 10.6 Å². The minimum absolute atomic E-state index is 0.0187. The summed E-state index contributed by atoms with van der Waals surface area (Å²) >= 11 is 0. The van der Waals surface area contributed by atoms with Gasteiger partial charge in [0, 0.05) is 43.2 Å². The van der Waals surface area contributed by atoms with Gasteiger partial charge in [-0.2, -0.15) is 15.3 Å². The minimum Gasteiger partial charge on any atom is -0.378 e. The van der Waals surface area contributed by atoms with Gasteiger partial charge >= 0.3 is 0 Å². The van der Waals surface area contributed by atoms with Crippen LogP contribution in [0.4, 0.5) is 5.69 Å². The van der Waals surface area contributed by atoms with Gasteiger partial charge in [-0.25, -0.2) is 0 Å². The highest BCUT2D eigenvalue weighted by molar-refractivity contribution is 5.76. The van der Waals surface area contributed by atoms with E-state index in [0.29, 0.717) is 12.6 Å². The molecule has 142 valence electrons. The van der Waals surface area contributed by atoms with Crippen molar-refractivity contribution in [3.8, 4) is 11.3 Å². The lowest BCUT2D eigenvalue weighted by atomic mass is 10.1. The van der Waals surface area contributed by atoms with Crippen LogP contribution >= 0.6 is 0 Å². The molecule has 27 heavy (non-hydrogen) atoms. The number of H-pyrrole nitrogens is 1. The number of hydrogen-bond donors (Lipinski definition) is 3. The third-order valence-corrected chi connectivity index (χ3v) is 4.85.